The van der Waals surface area contributed by atoms with Crippen molar-refractivity contribution < 1.29 is 19.1 Å². The van der Waals surface area contributed by atoms with Gasteiger partial charge < -0.3 is 24.7 Å². The highest BCUT2D eigenvalue weighted by atomic mass is 32.3. The maximum absolute atomic E-state index is 13.8. The Morgan fingerprint density at radius 3 is 2.58 bits per heavy atom. The number of nitrogen functional groups attached to an aromatic ring is 1. The molecule has 10 nitrogen and oxygen atoms in total. The smallest absolute Gasteiger partial charge is 0.410 e. The first-order valence-electron chi connectivity index (χ1n) is 12.8. The van der Waals surface area contributed by atoms with Crippen molar-refractivity contribution in [2.45, 2.75) is 39.5 Å². The molecule has 0 aromatic carbocycles. The summed E-state index contributed by atoms with van der Waals surface area (Å²) in [4.78, 5) is 32.6. The highest BCUT2D eigenvalue weighted by Gasteiger charge is 2.35. The molecular formula is C27H40N6O4S. The minimum absolute atomic E-state index is 0.0897. The monoisotopic (exact) mass is 544 g/mol. The summed E-state index contributed by atoms with van der Waals surface area (Å²) >= 11 is 0. The third kappa shape index (κ3) is 6.32. The summed E-state index contributed by atoms with van der Waals surface area (Å²) in [6.45, 7) is 7.18. The average molecular weight is 545 g/mol. The van der Waals surface area contributed by atoms with E-state index in [9.17, 15) is 9.59 Å². The average Bonchev–Trinajstić information content (AvgIpc) is 3.53. The van der Waals surface area contributed by atoms with Crippen LogP contribution in [0.25, 0.3) is 22.3 Å². The lowest BCUT2D eigenvalue weighted by Crippen LogP contribution is -2.36. The molecule has 0 bridgehead atoms. The van der Waals surface area contributed by atoms with E-state index < -0.39 is 21.7 Å². The summed E-state index contributed by atoms with van der Waals surface area (Å²) in [5.41, 5.74) is 8.91. The van der Waals surface area contributed by atoms with Crippen LogP contribution in [0.2, 0.25) is 0 Å². The lowest BCUT2D eigenvalue weighted by Gasteiger charge is -2.24. The first kappa shape index (κ1) is 28.0. The van der Waals surface area contributed by atoms with Gasteiger partial charge in [-0.3, -0.25) is 9.48 Å². The quantitative estimate of drug-likeness (QED) is 0.335. The number of hydrogen-bond acceptors (Lipinski definition) is 7. The molecule has 1 aliphatic rings. The van der Waals surface area contributed by atoms with E-state index in [1.807, 2.05) is 44.6 Å². The van der Waals surface area contributed by atoms with Crippen molar-refractivity contribution in [3.8, 4) is 11.3 Å². The van der Waals surface area contributed by atoms with E-state index in [1.165, 1.54) is 0 Å². The molecule has 0 radical (unpaired) electrons. The zero-order chi connectivity index (χ0) is 27.8. The lowest BCUT2D eigenvalue weighted by atomic mass is 9.94. The Hall–Kier alpha value is -3.05. The summed E-state index contributed by atoms with van der Waals surface area (Å²) in [5, 5.41) is 5.00. The van der Waals surface area contributed by atoms with Crippen molar-refractivity contribution in [1.82, 2.24) is 24.2 Å². The number of likely N-dealkylation sites (tertiary alicyclic amines) is 1. The fourth-order valence-corrected chi connectivity index (χ4v) is 5.16. The number of aromatic nitrogens is 4. The third-order valence-electron chi connectivity index (χ3n) is 6.47. The number of nitrogens with zero attached hydrogens (tertiary/aromatic N) is 5. The second-order valence-electron chi connectivity index (χ2n) is 11.8. The zero-order valence-electron chi connectivity index (χ0n) is 23.5. The van der Waals surface area contributed by atoms with Gasteiger partial charge in [-0.2, -0.15) is 5.10 Å². The van der Waals surface area contributed by atoms with E-state index in [2.05, 4.69) is 28.8 Å². The van der Waals surface area contributed by atoms with Gasteiger partial charge in [-0.05, 0) is 52.0 Å². The molecule has 1 unspecified atom stereocenters. The summed E-state index contributed by atoms with van der Waals surface area (Å²) in [7, 11) is 1.18. The molecule has 0 aliphatic carbocycles. The van der Waals surface area contributed by atoms with Gasteiger partial charge in [0.2, 0.25) is 0 Å². The van der Waals surface area contributed by atoms with Crippen LogP contribution in [0.1, 0.15) is 37.6 Å². The number of Topliss-reactive ketones (excluding diaryl/α,β-unsaturated/α-hetero) is 1. The van der Waals surface area contributed by atoms with Crippen molar-refractivity contribution in [1.29, 1.82) is 0 Å². The van der Waals surface area contributed by atoms with Crippen molar-refractivity contribution in [3.63, 3.8) is 0 Å². The molecular weight excluding hydrogens is 504 g/mol. The molecule has 3 aromatic heterocycles. The fraction of sp³-hybridized carbons (Fsp3) is 0.556. The van der Waals surface area contributed by atoms with Crippen molar-refractivity contribution >= 4 is 38.6 Å². The highest BCUT2D eigenvalue weighted by molar-refractivity contribution is 8.32. The number of anilines is 1. The molecule has 1 amide bonds. The van der Waals surface area contributed by atoms with E-state index >= 15 is 0 Å². The predicted molar refractivity (Wildman–Crippen MR) is 153 cm³/mol. The number of amides is 1. The van der Waals surface area contributed by atoms with Crippen LogP contribution in [0.3, 0.4) is 0 Å². The molecule has 1 atom stereocenters. The predicted octanol–water partition coefficient (Wildman–Crippen LogP) is 4.13. The molecule has 4 heterocycles. The molecule has 1 aliphatic heterocycles. The second kappa shape index (κ2) is 10.6. The van der Waals surface area contributed by atoms with Crippen molar-refractivity contribution in [2.24, 2.45) is 13.0 Å². The van der Waals surface area contributed by atoms with Gasteiger partial charge in [0.05, 0.1) is 35.9 Å². The Balaban J connectivity index is 1.66. The van der Waals surface area contributed by atoms with Crippen molar-refractivity contribution in [3.05, 3.63) is 30.2 Å². The number of hydrogen-bond donors (Lipinski definition) is 1. The van der Waals surface area contributed by atoms with Crippen LogP contribution in [-0.2, 0) is 23.3 Å². The van der Waals surface area contributed by atoms with Crippen LogP contribution < -0.4 is 5.73 Å². The van der Waals surface area contributed by atoms with E-state index in [0.717, 1.165) is 17.0 Å². The normalized spacial score (nSPS) is 16.8. The lowest BCUT2D eigenvalue weighted by molar-refractivity contribution is 0.0289. The van der Waals surface area contributed by atoms with Gasteiger partial charge >= 0.3 is 6.09 Å². The highest BCUT2D eigenvalue weighted by Crippen LogP contribution is 2.35. The molecule has 0 spiro atoms. The number of aryl methyl sites for hydroxylation is 1. The van der Waals surface area contributed by atoms with Crippen LogP contribution in [0, 0.1) is 5.92 Å². The number of nitrogens with two attached hydrogens (primary N) is 1. The van der Waals surface area contributed by atoms with Crippen LogP contribution in [0.4, 0.5) is 10.5 Å². The van der Waals surface area contributed by atoms with Gasteiger partial charge in [-0.25, -0.2) is 19.8 Å². The van der Waals surface area contributed by atoms with Crippen LogP contribution in [0.15, 0.2) is 24.7 Å². The minimum Gasteiger partial charge on any atom is -0.444 e. The number of rotatable bonds is 8. The van der Waals surface area contributed by atoms with Crippen LogP contribution >= 0.6 is 10.0 Å². The van der Waals surface area contributed by atoms with Gasteiger partial charge in [0.15, 0.2) is 5.78 Å². The molecule has 2 N–H and O–H groups in total. The largest absolute Gasteiger partial charge is 0.444 e. The fourth-order valence-electron chi connectivity index (χ4n) is 4.55. The van der Waals surface area contributed by atoms with E-state index in [4.69, 9.17) is 15.2 Å². The van der Waals surface area contributed by atoms with Crippen molar-refractivity contribution in [2.75, 3.05) is 50.0 Å². The van der Waals surface area contributed by atoms with Gasteiger partial charge in [0, 0.05) is 49.0 Å². The number of ketones is 1. The van der Waals surface area contributed by atoms with Gasteiger partial charge in [-0.15, -0.1) is 0 Å². The molecule has 11 heteroatoms. The Morgan fingerprint density at radius 2 is 1.95 bits per heavy atom. The Bertz CT molecular complexity index is 1330. The molecule has 38 heavy (non-hydrogen) atoms. The Labute approximate surface area is 225 Å². The van der Waals surface area contributed by atoms with Crippen LogP contribution in [-0.4, -0.2) is 85.9 Å². The first-order valence-corrected chi connectivity index (χ1v) is 15.8. The maximum Gasteiger partial charge on any atom is 0.410 e. The third-order valence-corrected chi connectivity index (χ3v) is 7.86. The molecule has 208 valence electrons. The number of fused-ring (bicyclic) bond motifs is 1. The van der Waals surface area contributed by atoms with E-state index in [-0.39, 0.29) is 11.7 Å². The summed E-state index contributed by atoms with van der Waals surface area (Å²) in [6.07, 6.45) is 12.2. The van der Waals surface area contributed by atoms with Crippen LogP contribution in [0.5, 0.6) is 0 Å². The summed E-state index contributed by atoms with van der Waals surface area (Å²) in [6, 6.07) is 1.95. The number of carbonyl (C=O) groups excluding carboxylic acids is 2. The Kier molecular flexibility index (Phi) is 7.81. The first-order chi connectivity index (χ1) is 17.7. The van der Waals surface area contributed by atoms with E-state index in [1.54, 1.807) is 22.0 Å². The van der Waals surface area contributed by atoms with E-state index in [0.29, 0.717) is 55.1 Å². The zero-order valence-corrected chi connectivity index (χ0v) is 24.3. The number of pyridine rings is 1. The number of ether oxygens (including phenoxy) is 2. The molecule has 0 saturated carbocycles. The summed E-state index contributed by atoms with van der Waals surface area (Å²) in [5.74, 6) is 0.536. The van der Waals surface area contributed by atoms with Gasteiger partial charge in [0.25, 0.3) is 0 Å². The Morgan fingerprint density at radius 1 is 1.21 bits per heavy atom. The minimum atomic E-state index is -0.682. The SMILES string of the molecule is Cn1cc(-c2cc3c(C(=O)C4CCN(C(=O)OC(C)(C)C)C4)c(N)cnc3n2COCCS(C)(C)C)cn1. The summed E-state index contributed by atoms with van der Waals surface area (Å²) < 4.78 is 15.3. The molecule has 1 saturated heterocycles. The second-order valence-corrected chi connectivity index (χ2v) is 16.4. The molecule has 4 rings (SSSR count). The van der Waals surface area contributed by atoms with Gasteiger partial charge in [-0.1, -0.05) is 0 Å². The van der Waals surface area contributed by atoms with Gasteiger partial charge in [0.1, 0.15) is 18.0 Å². The topological polar surface area (TPSA) is 118 Å². The maximum atomic E-state index is 13.8. The standard InChI is InChI=1S/C27H40N6O4S/c1-27(2,3)37-26(35)32-9-8-18(16-32)24(34)23-20-12-22(19-13-30-31(4)15-19)33(25(20)29-14-21(23)28)17-36-10-11-38(5,6)7/h12-15,18H,8-11,16-17,28H2,1-7H3. The molecule has 3 aromatic rings. The molecule has 1 fully saturated rings. The number of carbonyl (C=O) groups is 2.